The normalized spacial score (nSPS) is 31.9. The van der Waals surface area contributed by atoms with Gasteiger partial charge < -0.3 is 4.90 Å². The second kappa shape index (κ2) is 2.30. The molecule has 1 saturated heterocycles. The Hall–Kier alpha value is -0.460. The van der Waals surface area contributed by atoms with E-state index in [2.05, 4.69) is 17.9 Å². The van der Waals surface area contributed by atoms with Gasteiger partial charge in [-0.05, 0) is 25.2 Å². The van der Waals surface area contributed by atoms with Crippen molar-refractivity contribution in [1.82, 2.24) is 4.90 Å². The molecule has 2 rings (SSSR count). The number of hydrogen-bond donors (Lipinski definition) is 0. The Balaban J connectivity index is 2.07. The summed E-state index contributed by atoms with van der Waals surface area (Å²) in [6.07, 6.45) is 6.44. The van der Waals surface area contributed by atoms with Crippen LogP contribution in [0.25, 0.3) is 0 Å². The monoisotopic (exact) mass is 137 g/mol. The van der Waals surface area contributed by atoms with Gasteiger partial charge in [0.2, 0.25) is 0 Å². The summed E-state index contributed by atoms with van der Waals surface area (Å²) >= 11 is 0. The summed E-state index contributed by atoms with van der Waals surface area (Å²) in [7, 11) is 0. The van der Waals surface area contributed by atoms with Crippen LogP contribution in [0.15, 0.2) is 11.8 Å². The lowest BCUT2D eigenvalue weighted by Crippen LogP contribution is -2.28. The van der Waals surface area contributed by atoms with Crippen LogP contribution < -0.4 is 0 Å². The van der Waals surface area contributed by atoms with Gasteiger partial charge in [-0.2, -0.15) is 0 Å². The van der Waals surface area contributed by atoms with Crippen molar-refractivity contribution in [1.29, 1.82) is 0 Å². The fraction of sp³-hybridized carbons (Fsp3) is 0.778. The third kappa shape index (κ3) is 0.938. The zero-order valence-electron chi connectivity index (χ0n) is 6.64. The lowest BCUT2D eigenvalue weighted by Gasteiger charge is -2.30. The summed E-state index contributed by atoms with van der Waals surface area (Å²) in [5.74, 6) is 0.931. The minimum atomic E-state index is 0.931. The van der Waals surface area contributed by atoms with E-state index >= 15 is 0 Å². The number of allylic oxidation sites excluding steroid dienone is 1. The topological polar surface area (TPSA) is 3.24 Å². The van der Waals surface area contributed by atoms with Crippen LogP contribution in [-0.2, 0) is 0 Å². The van der Waals surface area contributed by atoms with Gasteiger partial charge in [-0.25, -0.2) is 0 Å². The first-order chi connectivity index (χ1) is 4.86. The van der Waals surface area contributed by atoms with E-state index in [1.54, 1.807) is 5.70 Å². The van der Waals surface area contributed by atoms with E-state index in [1.165, 1.54) is 32.4 Å². The van der Waals surface area contributed by atoms with Gasteiger partial charge >= 0.3 is 0 Å². The number of nitrogens with zero attached hydrogens (tertiary/aromatic N) is 1. The summed E-state index contributed by atoms with van der Waals surface area (Å²) < 4.78 is 0. The van der Waals surface area contributed by atoms with E-state index in [9.17, 15) is 0 Å². The van der Waals surface area contributed by atoms with Crippen LogP contribution >= 0.6 is 0 Å². The third-order valence-corrected chi connectivity index (χ3v) is 2.63. The molecule has 10 heavy (non-hydrogen) atoms. The van der Waals surface area contributed by atoms with Crippen molar-refractivity contribution < 1.29 is 0 Å². The van der Waals surface area contributed by atoms with Crippen molar-refractivity contribution in [2.75, 3.05) is 13.1 Å². The molecule has 0 spiro atoms. The summed E-state index contributed by atoms with van der Waals surface area (Å²) in [6, 6.07) is 0. The van der Waals surface area contributed by atoms with Crippen molar-refractivity contribution in [3.05, 3.63) is 11.8 Å². The summed E-state index contributed by atoms with van der Waals surface area (Å²) in [6.45, 7) is 4.96. The first kappa shape index (κ1) is 6.26. The number of hydrogen-bond acceptors (Lipinski definition) is 1. The molecule has 2 heterocycles. The van der Waals surface area contributed by atoms with Gasteiger partial charge in [0.15, 0.2) is 0 Å². The van der Waals surface area contributed by atoms with E-state index < -0.39 is 0 Å². The largest absolute Gasteiger partial charge is 0.375 e. The quantitative estimate of drug-likeness (QED) is 0.493. The van der Waals surface area contributed by atoms with Gasteiger partial charge in [0.25, 0.3) is 0 Å². The molecular weight excluding hydrogens is 122 g/mol. The molecule has 0 radical (unpaired) electrons. The Labute approximate surface area is 62.7 Å². The molecule has 2 aliphatic heterocycles. The molecule has 0 aromatic carbocycles. The Morgan fingerprint density at radius 3 is 3.30 bits per heavy atom. The molecule has 1 nitrogen and oxygen atoms in total. The molecule has 0 aromatic heterocycles. The summed E-state index contributed by atoms with van der Waals surface area (Å²) in [5, 5.41) is 0. The highest BCUT2D eigenvalue weighted by molar-refractivity contribution is 5.10. The second-order valence-electron chi connectivity index (χ2n) is 3.57. The van der Waals surface area contributed by atoms with Crippen LogP contribution in [0.3, 0.4) is 0 Å². The molecule has 1 heteroatoms. The molecule has 0 unspecified atom stereocenters. The molecule has 0 bridgehead atoms. The maximum atomic E-state index is 2.54. The molecule has 0 aromatic rings. The van der Waals surface area contributed by atoms with E-state index in [0.29, 0.717) is 0 Å². The van der Waals surface area contributed by atoms with Gasteiger partial charge in [0.05, 0.1) is 0 Å². The molecule has 1 atom stereocenters. The molecule has 0 N–H and O–H groups in total. The molecule has 2 aliphatic rings. The second-order valence-corrected chi connectivity index (χ2v) is 3.57. The highest BCUT2D eigenvalue weighted by Gasteiger charge is 2.21. The fourth-order valence-corrected chi connectivity index (χ4v) is 1.96. The van der Waals surface area contributed by atoms with Crippen LogP contribution in [0, 0.1) is 5.92 Å². The molecule has 0 aliphatic carbocycles. The standard InChI is InChI=1S/C9H15N/c1-8-4-6-10-5-2-3-9(10)7-8/h3,8H,2,4-7H2,1H3/t8-/m1/s1. The first-order valence-electron chi connectivity index (χ1n) is 4.30. The van der Waals surface area contributed by atoms with Crippen LogP contribution in [0.5, 0.6) is 0 Å². The summed E-state index contributed by atoms with van der Waals surface area (Å²) in [4.78, 5) is 2.54. The maximum absolute atomic E-state index is 2.54. The average molecular weight is 137 g/mol. The third-order valence-electron chi connectivity index (χ3n) is 2.63. The van der Waals surface area contributed by atoms with Crippen LogP contribution in [-0.4, -0.2) is 18.0 Å². The van der Waals surface area contributed by atoms with Crippen molar-refractivity contribution in [3.63, 3.8) is 0 Å². The molecule has 56 valence electrons. The molecule has 0 saturated carbocycles. The van der Waals surface area contributed by atoms with E-state index in [-0.39, 0.29) is 0 Å². The fourth-order valence-electron chi connectivity index (χ4n) is 1.96. The van der Waals surface area contributed by atoms with Gasteiger partial charge in [-0.15, -0.1) is 0 Å². The van der Waals surface area contributed by atoms with Crippen LogP contribution in [0.4, 0.5) is 0 Å². The molecular formula is C9H15N. The van der Waals surface area contributed by atoms with Crippen LogP contribution in [0.1, 0.15) is 26.2 Å². The van der Waals surface area contributed by atoms with E-state index in [4.69, 9.17) is 0 Å². The summed E-state index contributed by atoms with van der Waals surface area (Å²) in [5.41, 5.74) is 1.62. The minimum Gasteiger partial charge on any atom is -0.375 e. The Kier molecular flexibility index (Phi) is 1.44. The molecule has 1 fully saturated rings. The van der Waals surface area contributed by atoms with Crippen molar-refractivity contribution in [2.24, 2.45) is 5.92 Å². The minimum absolute atomic E-state index is 0.931. The van der Waals surface area contributed by atoms with Crippen molar-refractivity contribution >= 4 is 0 Å². The lowest BCUT2D eigenvalue weighted by atomic mass is 9.97. The lowest BCUT2D eigenvalue weighted by molar-refractivity contribution is 0.272. The van der Waals surface area contributed by atoms with E-state index in [0.717, 1.165) is 5.92 Å². The SMILES string of the molecule is C[C@@H]1CCN2CCC=C2C1. The van der Waals surface area contributed by atoms with Gasteiger partial charge in [0, 0.05) is 18.8 Å². The van der Waals surface area contributed by atoms with Crippen LogP contribution in [0.2, 0.25) is 0 Å². The Morgan fingerprint density at radius 2 is 2.40 bits per heavy atom. The number of piperidine rings is 1. The number of rotatable bonds is 0. The zero-order chi connectivity index (χ0) is 6.97. The maximum Gasteiger partial charge on any atom is 0.0210 e. The zero-order valence-corrected chi connectivity index (χ0v) is 6.64. The smallest absolute Gasteiger partial charge is 0.0210 e. The average Bonchev–Trinajstić information content (AvgIpc) is 2.33. The molecule has 0 amide bonds. The predicted molar refractivity (Wildman–Crippen MR) is 42.7 cm³/mol. The van der Waals surface area contributed by atoms with E-state index in [1.807, 2.05) is 0 Å². The van der Waals surface area contributed by atoms with Gasteiger partial charge in [-0.3, -0.25) is 0 Å². The Morgan fingerprint density at radius 1 is 1.50 bits per heavy atom. The highest BCUT2D eigenvalue weighted by atomic mass is 15.2. The van der Waals surface area contributed by atoms with Crippen molar-refractivity contribution in [2.45, 2.75) is 26.2 Å². The number of fused-ring (bicyclic) bond motifs is 1. The Bertz CT molecular complexity index is 160. The van der Waals surface area contributed by atoms with Gasteiger partial charge in [0.1, 0.15) is 0 Å². The van der Waals surface area contributed by atoms with Crippen molar-refractivity contribution in [3.8, 4) is 0 Å². The predicted octanol–water partition coefficient (Wildman–Crippen LogP) is 2.01. The first-order valence-corrected chi connectivity index (χ1v) is 4.30. The highest BCUT2D eigenvalue weighted by Crippen LogP contribution is 2.28. The van der Waals surface area contributed by atoms with Gasteiger partial charge in [-0.1, -0.05) is 13.0 Å².